The van der Waals surface area contributed by atoms with Crippen molar-refractivity contribution in [1.29, 1.82) is 0 Å². The van der Waals surface area contributed by atoms with Gasteiger partial charge in [-0.15, -0.1) is 0 Å². The van der Waals surface area contributed by atoms with E-state index in [0.717, 1.165) is 32.4 Å². The van der Waals surface area contributed by atoms with Gasteiger partial charge in [-0.25, -0.2) is 0 Å². The lowest BCUT2D eigenvalue weighted by Crippen LogP contribution is -2.37. The maximum Gasteiger partial charge on any atom is 0.221 e. The lowest BCUT2D eigenvalue weighted by molar-refractivity contribution is -0.121. The summed E-state index contributed by atoms with van der Waals surface area (Å²) in [4.78, 5) is 11.9. The van der Waals surface area contributed by atoms with Crippen LogP contribution in [0.25, 0.3) is 0 Å². The molecule has 4 heteroatoms. The molecular weight excluding hydrogens is 240 g/mol. The molecule has 0 aliphatic carbocycles. The average Bonchev–Trinajstić information content (AvgIpc) is 2.70. The summed E-state index contributed by atoms with van der Waals surface area (Å²) < 4.78 is 5.62. The Kier molecular flexibility index (Phi) is 6.27. The quantitative estimate of drug-likeness (QED) is 0.776. The van der Waals surface area contributed by atoms with Crippen LogP contribution in [-0.2, 0) is 9.53 Å². The zero-order valence-corrected chi connectivity index (χ0v) is 12.9. The van der Waals surface area contributed by atoms with Crippen LogP contribution < -0.4 is 11.1 Å². The second-order valence-electron chi connectivity index (χ2n) is 6.90. The van der Waals surface area contributed by atoms with E-state index in [1.807, 2.05) is 0 Å². The van der Waals surface area contributed by atoms with Crippen molar-refractivity contribution in [3.63, 3.8) is 0 Å². The molecular formula is C15H30N2O2. The van der Waals surface area contributed by atoms with Crippen molar-refractivity contribution in [2.24, 2.45) is 17.1 Å². The van der Waals surface area contributed by atoms with E-state index in [9.17, 15) is 4.79 Å². The van der Waals surface area contributed by atoms with E-state index < -0.39 is 0 Å². The number of rotatable bonds is 6. The molecule has 19 heavy (non-hydrogen) atoms. The smallest absolute Gasteiger partial charge is 0.221 e. The van der Waals surface area contributed by atoms with Crippen molar-refractivity contribution >= 4 is 5.91 Å². The van der Waals surface area contributed by atoms with Gasteiger partial charge in [-0.1, -0.05) is 27.7 Å². The van der Waals surface area contributed by atoms with Crippen LogP contribution in [0.2, 0.25) is 0 Å². The predicted molar refractivity (Wildman–Crippen MR) is 77.8 cm³/mol. The summed E-state index contributed by atoms with van der Waals surface area (Å²) in [5.74, 6) is 0.534. The molecule has 112 valence electrons. The zero-order chi connectivity index (χ0) is 14.5. The standard InChI is InChI=1S/C15H30N2O2/c1-5-13-11(6-7-19-13)10-17-14(18)8-12(16)9-15(2,3)4/h11-13H,5-10,16H2,1-4H3,(H,17,18). The van der Waals surface area contributed by atoms with Crippen LogP contribution in [0.1, 0.15) is 53.4 Å². The number of nitrogens with two attached hydrogens (primary N) is 1. The molecule has 0 aromatic carbocycles. The first-order chi connectivity index (χ1) is 8.81. The van der Waals surface area contributed by atoms with Crippen molar-refractivity contribution in [1.82, 2.24) is 5.32 Å². The fourth-order valence-electron chi connectivity index (χ4n) is 2.79. The van der Waals surface area contributed by atoms with E-state index in [1.165, 1.54) is 0 Å². The number of carbonyl (C=O) groups excluding carboxylic acids is 1. The molecule has 3 atom stereocenters. The molecule has 0 saturated carbocycles. The second kappa shape index (κ2) is 7.25. The molecule has 1 aliphatic heterocycles. The monoisotopic (exact) mass is 270 g/mol. The molecule has 1 rings (SSSR count). The van der Waals surface area contributed by atoms with Crippen molar-refractivity contribution in [3.8, 4) is 0 Å². The molecule has 4 nitrogen and oxygen atoms in total. The lowest BCUT2D eigenvalue weighted by atomic mass is 9.87. The molecule has 1 aliphatic rings. The Balaban J connectivity index is 2.24. The Morgan fingerprint density at radius 2 is 2.16 bits per heavy atom. The number of hydrogen-bond donors (Lipinski definition) is 2. The first-order valence-electron chi connectivity index (χ1n) is 7.45. The first kappa shape index (κ1) is 16.4. The summed E-state index contributed by atoms with van der Waals surface area (Å²) in [7, 11) is 0. The van der Waals surface area contributed by atoms with Gasteiger partial charge in [0.05, 0.1) is 6.10 Å². The molecule has 3 unspecified atom stereocenters. The Morgan fingerprint density at radius 1 is 1.47 bits per heavy atom. The van der Waals surface area contributed by atoms with Gasteiger partial charge in [0, 0.05) is 31.5 Å². The molecule has 1 saturated heterocycles. The Bertz CT molecular complexity index is 286. The highest BCUT2D eigenvalue weighted by Gasteiger charge is 2.27. The van der Waals surface area contributed by atoms with Crippen LogP contribution in [0.4, 0.5) is 0 Å². The first-order valence-corrected chi connectivity index (χ1v) is 7.45. The highest BCUT2D eigenvalue weighted by molar-refractivity contribution is 5.76. The molecule has 1 fully saturated rings. The Hall–Kier alpha value is -0.610. The Morgan fingerprint density at radius 3 is 2.74 bits per heavy atom. The summed E-state index contributed by atoms with van der Waals surface area (Å²) in [6, 6.07) is -0.0539. The minimum absolute atomic E-state index is 0.0539. The third kappa shape index (κ3) is 6.39. The van der Waals surface area contributed by atoms with Crippen LogP contribution in [0.15, 0.2) is 0 Å². The van der Waals surface area contributed by atoms with E-state index >= 15 is 0 Å². The third-order valence-electron chi connectivity index (χ3n) is 3.63. The maximum atomic E-state index is 11.9. The fourth-order valence-corrected chi connectivity index (χ4v) is 2.79. The van der Waals surface area contributed by atoms with Crippen LogP contribution in [-0.4, -0.2) is 31.2 Å². The zero-order valence-electron chi connectivity index (χ0n) is 12.9. The highest BCUT2D eigenvalue weighted by Crippen LogP contribution is 2.23. The van der Waals surface area contributed by atoms with Crippen molar-refractivity contribution in [3.05, 3.63) is 0 Å². The van der Waals surface area contributed by atoms with Gasteiger partial charge in [0.2, 0.25) is 5.91 Å². The minimum atomic E-state index is -0.0539. The normalized spacial score (nSPS) is 25.3. The van der Waals surface area contributed by atoms with Crippen LogP contribution in [0, 0.1) is 11.3 Å². The van der Waals surface area contributed by atoms with Gasteiger partial charge in [0.15, 0.2) is 0 Å². The highest BCUT2D eigenvalue weighted by atomic mass is 16.5. The molecule has 3 N–H and O–H groups in total. The van der Waals surface area contributed by atoms with Crippen molar-refractivity contribution in [2.75, 3.05) is 13.2 Å². The van der Waals surface area contributed by atoms with Crippen molar-refractivity contribution < 1.29 is 9.53 Å². The predicted octanol–water partition coefficient (Wildman–Crippen LogP) is 2.07. The molecule has 0 aromatic rings. The summed E-state index contributed by atoms with van der Waals surface area (Å²) >= 11 is 0. The van der Waals surface area contributed by atoms with Gasteiger partial charge < -0.3 is 15.8 Å². The van der Waals surface area contributed by atoms with Crippen LogP contribution in [0.3, 0.4) is 0 Å². The molecule has 0 spiro atoms. The third-order valence-corrected chi connectivity index (χ3v) is 3.63. The van der Waals surface area contributed by atoms with Gasteiger partial charge in [-0.05, 0) is 24.7 Å². The van der Waals surface area contributed by atoms with Gasteiger partial charge >= 0.3 is 0 Å². The topological polar surface area (TPSA) is 64.3 Å². The maximum absolute atomic E-state index is 11.9. The van der Waals surface area contributed by atoms with Gasteiger partial charge in [-0.3, -0.25) is 4.79 Å². The van der Waals surface area contributed by atoms with E-state index in [4.69, 9.17) is 10.5 Å². The van der Waals surface area contributed by atoms with E-state index in [1.54, 1.807) is 0 Å². The van der Waals surface area contributed by atoms with Gasteiger partial charge in [0.1, 0.15) is 0 Å². The molecule has 0 radical (unpaired) electrons. The fraction of sp³-hybridized carbons (Fsp3) is 0.933. The molecule has 0 bridgehead atoms. The van der Waals surface area contributed by atoms with E-state index in [2.05, 4.69) is 33.0 Å². The van der Waals surface area contributed by atoms with Crippen molar-refractivity contribution in [2.45, 2.75) is 65.5 Å². The second-order valence-corrected chi connectivity index (χ2v) is 6.90. The number of ether oxygens (including phenoxy) is 1. The van der Waals surface area contributed by atoms with E-state index in [-0.39, 0.29) is 17.4 Å². The average molecular weight is 270 g/mol. The van der Waals surface area contributed by atoms with Crippen LogP contribution >= 0.6 is 0 Å². The summed E-state index contributed by atoms with van der Waals surface area (Å²) in [5, 5.41) is 3.01. The Labute approximate surface area is 117 Å². The summed E-state index contributed by atoms with van der Waals surface area (Å²) in [5.41, 5.74) is 6.19. The largest absolute Gasteiger partial charge is 0.378 e. The van der Waals surface area contributed by atoms with Gasteiger partial charge in [0.25, 0.3) is 0 Å². The van der Waals surface area contributed by atoms with Gasteiger partial charge in [-0.2, -0.15) is 0 Å². The number of amides is 1. The lowest BCUT2D eigenvalue weighted by Gasteiger charge is -2.23. The minimum Gasteiger partial charge on any atom is -0.378 e. The number of nitrogens with one attached hydrogen (secondary N) is 1. The summed E-state index contributed by atoms with van der Waals surface area (Å²) in [6.45, 7) is 10.1. The summed E-state index contributed by atoms with van der Waals surface area (Å²) in [6.07, 6.45) is 3.66. The van der Waals surface area contributed by atoms with E-state index in [0.29, 0.717) is 18.4 Å². The molecule has 0 aromatic heterocycles. The van der Waals surface area contributed by atoms with Crippen LogP contribution in [0.5, 0.6) is 0 Å². The molecule has 1 amide bonds. The number of carbonyl (C=O) groups is 1. The SMILES string of the molecule is CCC1OCCC1CNC(=O)CC(N)CC(C)(C)C. The number of hydrogen-bond acceptors (Lipinski definition) is 3. The molecule has 1 heterocycles.